The maximum atomic E-state index is 12.1. The van der Waals surface area contributed by atoms with Crippen molar-refractivity contribution in [2.24, 2.45) is 5.92 Å². The Kier molecular flexibility index (Phi) is 6.32. The number of benzene rings is 1. The number of rotatable bonds is 8. The van der Waals surface area contributed by atoms with Crippen LogP contribution in [0.25, 0.3) is 0 Å². The van der Waals surface area contributed by atoms with Gasteiger partial charge >= 0.3 is 0 Å². The first-order valence-corrected chi connectivity index (χ1v) is 9.51. The van der Waals surface area contributed by atoms with Gasteiger partial charge in [0.25, 0.3) is 0 Å². The van der Waals surface area contributed by atoms with E-state index in [1.165, 1.54) is 18.4 Å². The van der Waals surface area contributed by atoms with Crippen LogP contribution in [0.1, 0.15) is 25.3 Å². The Morgan fingerprint density at radius 1 is 1.16 bits per heavy atom. The minimum Gasteiger partial charge on any atom is -0.497 e. The molecule has 0 unspecified atom stereocenters. The van der Waals surface area contributed by atoms with Crippen LogP contribution in [0.3, 0.4) is 0 Å². The average molecular weight is 345 g/mol. The van der Waals surface area contributed by atoms with Crippen LogP contribution in [0.2, 0.25) is 0 Å². The van der Waals surface area contributed by atoms with Gasteiger partial charge in [0.05, 0.1) is 13.7 Å². The smallest absolute Gasteiger partial charge is 0.234 e. The first kappa shape index (κ1) is 18.2. The molecule has 3 rings (SSSR count). The molecule has 5 heteroatoms. The molecule has 25 heavy (non-hydrogen) atoms. The van der Waals surface area contributed by atoms with Gasteiger partial charge in [-0.3, -0.25) is 9.69 Å². The molecule has 1 N–H and O–H groups in total. The second-order valence-electron chi connectivity index (χ2n) is 7.41. The summed E-state index contributed by atoms with van der Waals surface area (Å²) in [5.41, 5.74) is 1.34. The first-order chi connectivity index (χ1) is 12.1. The number of carbonyl (C=O) groups excluding carboxylic acids is 1. The van der Waals surface area contributed by atoms with Crippen molar-refractivity contribution in [2.75, 3.05) is 46.4 Å². The minimum atomic E-state index is 0.186. The van der Waals surface area contributed by atoms with Gasteiger partial charge < -0.3 is 15.0 Å². The van der Waals surface area contributed by atoms with Crippen LogP contribution in [0.15, 0.2) is 24.3 Å². The van der Waals surface area contributed by atoms with Crippen molar-refractivity contribution in [1.29, 1.82) is 0 Å². The zero-order valence-electron chi connectivity index (χ0n) is 15.5. The number of nitrogens with one attached hydrogen (secondary N) is 1. The number of amides is 1. The minimum absolute atomic E-state index is 0.186. The fourth-order valence-corrected chi connectivity index (χ4v) is 3.47. The Morgan fingerprint density at radius 3 is 2.40 bits per heavy atom. The number of hydrogen-bond acceptors (Lipinski definition) is 4. The van der Waals surface area contributed by atoms with Crippen LogP contribution < -0.4 is 10.1 Å². The van der Waals surface area contributed by atoms with E-state index in [4.69, 9.17) is 4.74 Å². The van der Waals surface area contributed by atoms with Crippen molar-refractivity contribution in [3.05, 3.63) is 29.8 Å². The first-order valence-electron chi connectivity index (χ1n) is 9.51. The monoisotopic (exact) mass is 345 g/mol. The molecule has 2 aliphatic rings. The summed E-state index contributed by atoms with van der Waals surface area (Å²) in [7, 11) is 1.70. The van der Waals surface area contributed by atoms with Crippen LogP contribution >= 0.6 is 0 Å². The van der Waals surface area contributed by atoms with E-state index in [9.17, 15) is 4.79 Å². The van der Waals surface area contributed by atoms with E-state index < -0.39 is 0 Å². The quantitative estimate of drug-likeness (QED) is 0.780. The molecule has 0 radical (unpaired) electrons. The predicted molar refractivity (Wildman–Crippen MR) is 99.9 cm³/mol. The fraction of sp³-hybridized carbons (Fsp3) is 0.650. The summed E-state index contributed by atoms with van der Waals surface area (Å²) in [6.07, 6.45) is 3.60. The van der Waals surface area contributed by atoms with Crippen molar-refractivity contribution in [2.45, 2.75) is 32.2 Å². The molecule has 1 atom stereocenters. The van der Waals surface area contributed by atoms with Gasteiger partial charge in [0.1, 0.15) is 5.75 Å². The highest BCUT2D eigenvalue weighted by atomic mass is 16.5. The molecule has 1 heterocycles. The molecule has 1 saturated carbocycles. The van der Waals surface area contributed by atoms with Crippen molar-refractivity contribution < 1.29 is 9.53 Å². The van der Waals surface area contributed by atoms with Gasteiger partial charge in [-0.2, -0.15) is 0 Å². The molecule has 2 fully saturated rings. The molecule has 0 bridgehead atoms. The lowest BCUT2D eigenvalue weighted by atomic mass is 10.1. The summed E-state index contributed by atoms with van der Waals surface area (Å²) < 4.78 is 5.20. The van der Waals surface area contributed by atoms with Gasteiger partial charge in [-0.25, -0.2) is 0 Å². The van der Waals surface area contributed by atoms with E-state index in [0.29, 0.717) is 12.6 Å². The van der Waals surface area contributed by atoms with Crippen LogP contribution in [0.5, 0.6) is 5.75 Å². The van der Waals surface area contributed by atoms with Crippen LogP contribution in [0.4, 0.5) is 0 Å². The molecule has 1 aliphatic carbocycles. The number of hydrogen-bond donors (Lipinski definition) is 1. The second-order valence-corrected chi connectivity index (χ2v) is 7.41. The van der Waals surface area contributed by atoms with Crippen molar-refractivity contribution in [1.82, 2.24) is 15.1 Å². The molecule has 0 spiro atoms. The Hall–Kier alpha value is -1.59. The molecular weight excluding hydrogens is 314 g/mol. The van der Waals surface area contributed by atoms with E-state index in [1.807, 2.05) is 12.1 Å². The van der Waals surface area contributed by atoms with Crippen LogP contribution in [-0.2, 0) is 11.2 Å². The number of nitrogens with zero attached hydrogens (tertiary/aromatic N) is 2. The molecule has 1 amide bonds. The molecule has 0 aromatic heterocycles. The molecule has 5 nitrogen and oxygen atoms in total. The van der Waals surface area contributed by atoms with E-state index in [-0.39, 0.29) is 5.91 Å². The van der Waals surface area contributed by atoms with Crippen molar-refractivity contribution in [3.8, 4) is 5.75 Å². The van der Waals surface area contributed by atoms with Gasteiger partial charge in [-0.05, 0) is 49.8 Å². The summed E-state index contributed by atoms with van der Waals surface area (Å²) in [5.74, 6) is 1.82. The highest BCUT2D eigenvalue weighted by molar-refractivity contribution is 5.78. The van der Waals surface area contributed by atoms with Gasteiger partial charge in [-0.1, -0.05) is 12.1 Å². The number of piperazine rings is 1. The van der Waals surface area contributed by atoms with E-state index in [2.05, 4.69) is 34.2 Å². The Balaban J connectivity index is 1.33. The molecule has 138 valence electrons. The van der Waals surface area contributed by atoms with Crippen molar-refractivity contribution >= 4 is 5.91 Å². The number of carbonyl (C=O) groups is 1. The topological polar surface area (TPSA) is 44.8 Å². The van der Waals surface area contributed by atoms with Gasteiger partial charge in [-0.15, -0.1) is 0 Å². The number of ether oxygens (including phenoxy) is 1. The second kappa shape index (κ2) is 8.68. The Morgan fingerprint density at radius 2 is 1.80 bits per heavy atom. The third-order valence-corrected chi connectivity index (χ3v) is 5.43. The maximum Gasteiger partial charge on any atom is 0.234 e. The van der Waals surface area contributed by atoms with E-state index in [0.717, 1.165) is 50.8 Å². The lowest BCUT2D eigenvalue weighted by Crippen LogP contribution is -2.50. The van der Waals surface area contributed by atoms with Crippen molar-refractivity contribution in [3.63, 3.8) is 0 Å². The third-order valence-electron chi connectivity index (χ3n) is 5.43. The Labute approximate surface area is 151 Å². The lowest BCUT2D eigenvalue weighted by molar-refractivity contribution is -0.123. The Bertz CT molecular complexity index is 549. The molecule has 1 saturated heterocycles. The molecule has 1 aromatic carbocycles. The van der Waals surface area contributed by atoms with Gasteiger partial charge in [0, 0.05) is 38.8 Å². The predicted octanol–water partition coefficient (Wildman–Crippen LogP) is 1.77. The highest BCUT2D eigenvalue weighted by Crippen LogP contribution is 2.32. The summed E-state index contributed by atoms with van der Waals surface area (Å²) in [6, 6.07) is 8.67. The molecular formula is C20H31N3O2. The zero-order valence-corrected chi connectivity index (χ0v) is 15.5. The molecule has 1 aromatic rings. The van der Waals surface area contributed by atoms with E-state index in [1.54, 1.807) is 7.11 Å². The highest BCUT2D eigenvalue weighted by Gasteiger charge is 2.29. The lowest BCUT2D eigenvalue weighted by Gasteiger charge is -2.34. The van der Waals surface area contributed by atoms with E-state index >= 15 is 0 Å². The standard InChI is InChI=1S/C20H31N3O2/c1-16(18-5-6-18)21-20(24)15-23-13-11-22(12-14-23)10-9-17-3-7-19(25-2)8-4-17/h3-4,7-8,16,18H,5-6,9-15H2,1-2H3,(H,21,24)/t16-/m1/s1. The largest absolute Gasteiger partial charge is 0.497 e. The molecule has 1 aliphatic heterocycles. The average Bonchev–Trinajstić information content (AvgIpc) is 3.47. The van der Waals surface area contributed by atoms with Crippen LogP contribution in [0, 0.1) is 5.92 Å². The summed E-state index contributed by atoms with van der Waals surface area (Å²) in [6.45, 7) is 7.80. The van der Waals surface area contributed by atoms with Gasteiger partial charge in [0.2, 0.25) is 5.91 Å². The maximum absolute atomic E-state index is 12.1. The fourth-order valence-electron chi connectivity index (χ4n) is 3.47. The summed E-state index contributed by atoms with van der Waals surface area (Å²) in [5, 5.41) is 3.15. The third kappa shape index (κ3) is 5.72. The summed E-state index contributed by atoms with van der Waals surface area (Å²) in [4.78, 5) is 16.9. The van der Waals surface area contributed by atoms with Crippen LogP contribution in [-0.4, -0.2) is 68.1 Å². The normalized spacial score (nSPS) is 20.2. The SMILES string of the molecule is COc1ccc(CCN2CCN(CC(=O)N[C@H](C)C3CC3)CC2)cc1. The zero-order chi connectivity index (χ0) is 17.6. The number of methoxy groups -OCH3 is 1. The summed E-state index contributed by atoms with van der Waals surface area (Å²) >= 11 is 0. The van der Waals surface area contributed by atoms with Gasteiger partial charge in [0.15, 0.2) is 0 Å².